The lowest BCUT2D eigenvalue weighted by Crippen LogP contribution is -2.22. The van der Waals surface area contributed by atoms with Gasteiger partial charge in [0.05, 0.1) is 41.7 Å². The van der Waals surface area contributed by atoms with E-state index in [1.54, 1.807) is 43.0 Å². The first kappa shape index (κ1) is 23.2. The molecule has 0 saturated heterocycles. The van der Waals surface area contributed by atoms with Crippen LogP contribution in [0.3, 0.4) is 0 Å². The number of benzene rings is 3. The molecule has 4 heterocycles. The Hall–Kier alpha value is -4.89. The molecule has 39 heavy (non-hydrogen) atoms. The van der Waals surface area contributed by atoms with Crippen LogP contribution in [0.1, 0.15) is 22.6 Å². The summed E-state index contributed by atoms with van der Waals surface area (Å²) in [5.41, 5.74) is 2.46. The maximum Gasteiger partial charge on any atom is 0.344 e. The Balaban J connectivity index is 1.59. The lowest BCUT2D eigenvalue weighted by atomic mass is 9.83. The zero-order valence-electron chi connectivity index (χ0n) is 20.7. The van der Waals surface area contributed by atoms with E-state index in [9.17, 15) is 4.79 Å². The van der Waals surface area contributed by atoms with Gasteiger partial charge in [0.15, 0.2) is 28.7 Å². The van der Waals surface area contributed by atoms with Crippen molar-refractivity contribution in [1.82, 2.24) is 19.6 Å². The number of methoxy groups -OCH3 is 2. The Morgan fingerprint density at radius 1 is 0.949 bits per heavy atom. The van der Waals surface area contributed by atoms with Crippen LogP contribution in [0.2, 0.25) is 5.02 Å². The molecule has 192 valence electrons. The van der Waals surface area contributed by atoms with Gasteiger partial charge in [0, 0.05) is 11.1 Å². The summed E-state index contributed by atoms with van der Waals surface area (Å²) >= 11 is 6.46. The highest BCUT2D eigenvalue weighted by atomic mass is 35.5. The third-order valence-corrected chi connectivity index (χ3v) is 7.15. The minimum Gasteiger partial charge on any atom is -0.493 e. The highest BCUT2D eigenvalue weighted by Gasteiger charge is 2.39. The minimum atomic E-state index is -0.728. The molecule has 1 aliphatic heterocycles. The minimum absolute atomic E-state index is 0.290. The van der Waals surface area contributed by atoms with Crippen LogP contribution in [-0.2, 0) is 0 Å². The molecule has 0 radical (unpaired) electrons. The van der Waals surface area contributed by atoms with E-state index in [2.05, 4.69) is 10.1 Å². The number of nitrogens with zero attached hydrogens (tertiary/aromatic N) is 4. The maximum absolute atomic E-state index is 13.6. The Bertz CT molecular complexity index is 1980. The van der Waals surface area contributed by atoms with Gasteiger partial charge in [0.2, 0.25) is 5.88 Å². The molecule has 0 amide bonds. The van der Waals surface area contributed by atoms with Crippen LogP contribution in [0.5, 0.6) is 23.1 Å². The number of ether oxygens (including phenoxy) is 3. The highest BCUT2D eigenvalue weighted by Crippen LogP contribution is 2.51. The maximum atomic E-state index is 13.6. The third kappa shape index (κ3) is 3.47. The van der Waals surface area contributed by atoms with E-state index in [-0.39, 0.29) is 0 Å². The largest absolute Gasteiger partial charge is 0.493 e. The van der Waals surface area contributed by atoms with Gasteiger partial charge < -0.3 is 18.6 Å². The Morgan fingerprint density at radius 2 is 1.77 bits per heavy atom. The van der Waals surface area contributed by atoms with Crippen LogP contribution >= 0.6 is 11.6 Å². The summed E-state index contributed by atoms with van der Waals surface area (Å²) in [7, 11) is 3.11. The smallest absolute Gasteiger partial charge is 0.344 e. The lowest BCUT2D eigenvalue weighted by Gasteiger charge is -2.28. The fourth-order valence-corrected chi connectivity index (χ4v) is 5.36. The van der Waals surface area contributed by atoms with Crippen LogP contribution < -0.4 is 19.8 Å². The molecule has 1 unspecified atom stereocenters. The second-order valence-electron chi connectivity index (χ2n) is 8.89. The van der Waals surface area contributed by atoms with Gasteiger partial charge in [-0.25, -0.2) is 19.3 Å². The quantitative estimate of drug-likeness (QED) is 0.257. The van der Waals surface area contributed by atoms with Gasteiger partial charge in [0.1, 0.15) is 11.9 Å². The molecule has 0 saturated carbocycles. The summed E-state index contributed by atoms with van der Waals surface area (Å²) in [6.45, 7) is 0. The number of hydrogen-bond donors (Lipinski definition) is 0. The number of halogens is 1. The molecule has 1 atom stereocenters. The van der Waals surface area contributed by atoms with Crippen molar-refractivity contribution in [2.24, 2.45) is 0 Å². The van der Waals surface area contributed by atoms with Crippen molar-refractivity contribution in [3.63, 3.8) is 0 Å². The van der Waals surface area contributed by atoms with E-state index in [0.29, 0.717) is 72.8 Å². The van der Waals surface area contributed by atoms with Crippen LogP contribution in [0.4, 0.5) is 0 Å². The molecular formula is C29H19ClN4O5. The molecule has 0 bridgehead atoms. The summed E-state index contributed by atoms with van der Waals surface area (Å²) in [6.07, 6.45) is 1.53. The first-order valence-corrected chi connectivity index (χ1v) is 12.4. The van der Waals surface area contributed by atoms with E-state index >= 15 is 0 Å². The molecule has 1 aliphatic rings. The van der Waals surface area contributed by atoms with Gasteiger partial charge in [-0.1, -0.05) is 48.0 Å². The predicted octanol–water partition coefficient (Wildman–Crippen LogP) is 5.85. The normalized spacial score (nSPS) is 14.1. The SMILES string of the molecule is COc1cccc(C2c3c(c4ccccc4oc3=O)Oc3ncn4nc(-c5ccccc5Cl)nc4c32)c1OC. The van der Waals surface area contributed by atoms with Crippen molar-refractivity contribution in [3.05, 3.63) is 105 Å². The second-order valence-corrected chi connectivity index (χ2v) is 9.30. The van der Waals surface area contributed by atoms with Gasteiger partial charge >= 0.3 is 5.63 Å². The zero-order valence-corrected chi connectivity index (χ0v) is 21.5. The molecule has 10 heteroatoms. The lowest BCUT2D eigenvalue weighted by molar-refractivity contribution is 0.349. The van der Waals surface area contributed by atoms with Gasteiger partial charge in [-0.15, -0.1) is 5.10 Å². The molecule has 3 aromatic heterocycles. The van der Waals surface area contributed by atoms with Crippen LogP contribution in [-0.4, -0.2) is 33.8 Å². The number of rotatable bonds is 4. The zero-order chi connectivity index (χ0) is 26.7. The molecule has 0 fully saturated rings. The highest BCUT2D eigenvalue weighted by molar-refractivity contribution is 6.33. The molecule has 3 aromatic carbocycles. The van der Waals surface area contributed by atoms with Crippen LogP contribution in [0.25, 0.3) is 28.0 Å². The number of aromatic nitrogens is 4. The fraction of sp³-hybridized carbons (Fsp3) is 0.103. The van der Waals surface area contributed by atoms with E-state index in [1.165, 1.54) is 6.33 Å². The molecule has 0 aliphatic carbocycles. The number of fused-ring (bicyclic) bond motifs is 6. The van der Waals surface area contributed by atoms with Gasteiger partial charge in [-0.2, -0.15) is 0 Å². The summed E-state index contributed by atoms with van der Waals surface area (Å²) in [4.78, 5) is 23.1. The molecule has 9 nitrogen and oxygen atoms in total. The fourth-order valence-electron chi connectivity index (χ4n) is 5.14. The van der Waals surface area contributed by atoms with Crippen LogP contribution in [0.15, 0.2) is 82.3 Å². The van der Waals surface area contributed by atoms with Crippen molar-refractivity contribution < 1.29 is 18.6 Å². The summed E-state index contributed by atoms with van der Waals surface area (Å²) in [5, 5.41) is 5.78. The van der Waals surface area contributed by atoms with Crippen LogP contribution in [0, 0.1) is 0 Å². The van der Waals surface area contributed by atoms with Crippen molar-refractivity contribution in [2.45, 2.75) is 5.92 Å². The number of para-hydroxylation sites is 2. The predicted molar refractivity (Wildman–Crippen MR) is 144 cm³/mol. The summed E-state index contributed by atoms with van der Waals surface area (Å²) in [5.74, 6) is 1.31. The first-order valence-electron chi connectivity index (χ1n) is 12.0. The van der Waals surface area contributed by atoms with E-state index in [1.807, 2.05) is 42.5 Å². The average molecular weight is 539 g/mol. The van der Waals surface area contributed by atoms with Crippen molar-refractivity contribution in [2.75, 3.05) is 14.2 Å². The van der Waals surface area contributed by atoms with E-state index in [0.717, 1.165) is 0 Å². The van der Waals surface area contributed by atoms with Gasteiger partial charge in [0.25, 0.3) is 0 Å². The monoisotopic (exact) mass is 538 g/mol. The first-order chi connectivity index (χ1) is 19.1. The summed E-state index contributed by atoms with van der Waals surface area (Å²) < 4.78 is 25.1. The Labute approximate surface area is 226 Å². The Kier molecular flexibility index (Phi) is 5.27. The molecule has 7 rings (SSSR count). The third-order valence-electron chi connectivity index (χ3n) is 6.82. The summed E-state index contributed by atoms with van der Waals surface area (Å²) in [6, 6.07) is 20.0. The molecular weight excluding hydrogens is 520 g/mol. The molecule has 0 N–H and O–H groups in total. The Morgan fingerprint density at radius 3 is 2.59 bits per heavy atom. The van der Waals surface area contributed by atoms with E-state index < -0.39 is 11.5 Å². The molecule has 0 spiro atoms. The van der Waals surface area contributed by atoms with E-state index in [4.69, 9.17) is 35.2 Å². The standard InChI is InChI=1S/C29H19ClN4O5/c1-36-20-13-7-10-17(24(20)37-2)21-22-25(16-9-4-6-12-19(16)38-29(22)35)39-28-23(21)27-32-26(33-34(27)14-31-28)15-8-3-5-11-18(15)30/h3-14,21H,1-2H3. The van der Waals surface area contributed by atoms with Gasteiger partial charge in [-0.3, -0.25) is 0 Å². The second kappa shape index (κ2) is 8.85. The topological polar surface area (TPSA) is 101 Å². The van der Waals surface area contributed by atoms with Crippen molar-refractivity contribution >= 4 is 28.2 Å². The number of hydrogen-bond acceptors (Lipinski definition) is 8. The molecule has 6 aromatic rings. The van der Waals surface area contributed by atoms with Gasteiger partial charge in [-0.05, 0) is 30.3 Å². The van der Waals surface area contributed by atoms with Crippen molar-refractivity contribution in [1.29, 1.82) is 0 Å². The average Bonchev–Trinajstić information content (AvgIpc) is 3.40. The van der Waals surface area contributed by atoms with Crippen molar-refractivity contribution in [3.8, 4) is 34.5 Å².